The maximum atomic E-state index is 12.2. The van der Waals surface area contributed by atoms with E-state index in [1.807, 2.05) is 4.90 Å². The third kappa shape index (κ3) is 6.25. The number of likely N-dealkylation sites (tertiary alicyclic amines) is 1. The van der Waals surface area contributed by atoms with Crippen LogP contribution in [0.25, 0.3) is 0 Å². The fourth-order valence-electron chi connectivity index (χ4n) is 3.25. The molecular formula is C17H34N2O2. The van der Waals surface area contributed by atoms with Crippen LogP contribution in [0.1, 0.15) is 66.2 Å². The monoisotopic (exact) mass is 298 g/mol. The molecule has 0 bridgehead atoms. The third-order valence-electron chi connectivity index (χ3n) is 4.66. The second kappa shape index (κ2) is 8.02. The van der Waals surface area contributed by atoms with Crippen molar-refractivity contribution >= 4 is 6.03 Å². The highest BCUT2D eigenvalue weighted by Crippen LogP contribution is 2.33. The fraction of sp³-hybridized carbons (Fsp3) is 0.941. The lowest BCUT2D eigenvalue weighted by molar-refractivity contribution is 0.109. The van der Waals surface area contributed by atoms with Gasteiger partial charge in [-0.15, -0.1) is 0 Å². The molecule has 0 aromatic heterocycles. The summed E-state index contributed by atoms with van der Waals surface area (Å²) < 4.78 is 0. The van der Waals surface area contributed by atoms with E-state index in [4.69, 9.17) is 0 Å². The summed E-state index contributed by atoms with van der Waals surface area (Å²) in [6.07, 6.45) is 6.57. The van der Waals surface area contributed by atoms with E-state index in [0.29, 0.717) is 12.0 Å². The van der Waals surface area contributed by atoms with Gasteiger partial charge in [0.1, 0.15) is 0 Å². The number of hydrogen-bond acceptors (Lipinski definition) is 2. The van der Waals surface area contributed by atoms with Gasteiger partial charge >= 0.3 is 6.03 Å². The minimum absolute atomic E-state index is 0.0461. The van der Waals surface area contributed by atoms with Gasteiger partial charge < -0.3 is 15.3 Å². The van der Waals surface area contributed by atoms with Crippen LogP contribution in [0.2, 0.25) is 0 Å². The molecule has 4 nitrogen and oxygen atoms in total. The molecule has 1 rings (SSSR count). The predicted octanol–water partition coefficient (Wildman–Crippen LogP) is 3.40. The van der Waals surface area contributed by atoms with Gasteiger partial charge in [0.05, 0.1) is 0 Å². The molecule has 2 N–H and O–H groups in total. The largest absolute Gasteiger partial charge is 0.396 e. The topological polar surface area (TPSA) is 52.6 Å². The summed E-state index contributed by atoms with van der Waals surface area (Å²) in [7, 11) is 0. The lowest BCUT2D eigenvalue weighted by Crippen LogP contribution is -2.49. The average molecular weight is 298 g/mol. The minimum atomic E-state index is -0.0461. The van der Waals surface area contributed by atoms with Crippen molar-refractivity contribution in [2.24, 2.45) is 10.8 Å². The molecule has 1 saturated heterocycles. The van der Waals surface area contributed by atoms with E-state index < -0.39 is 0 Å². The molecule has 1 atom stereocenters. The van der Waals surface area contributed by atoms with E-state index in [0.717, 1.165) is 32.4 Å². The number of amides is 2. The number of nitrogens with zero attached hydrogens (tertiary/aromatic N) is 1. The fourth-order valence-corrected chi connectivity index (χ4v) is 3.25. The summed E-state index contributed by atoms with van der Waals surface area (Å²) in [6, 6.07) is 0.0823. The van der Waals surface area contributed by atoms with Crippen molar-refractivity contribution in [3.8, 4) is 0 Å². The molecule has 1 aliphatic rings. The first-order chi connectivity index (χ1) is 9.82. The van der Waals surface area contributed by atoms with Crippen LogP contribution in [0.4, 0.5) is 4.79 Å². The number of aliphatic hydroxyl groups is 1. The Morgan fingerprint density at radius 2 is 2.14 bits per heavy atom. The van der Waals surface area contributed by atoms with Crippen LogP contribution in [-0.4, -0.2) is 42.3 Å². The van der Waals surface area contributed by atoms with Gasteiger partial charge in [-0.2, -0.15) is 0 Å². The van der Waals surface area contributed by atoms with Gasteiger partial charge in [0.25, 0.3) is 0 Å². The number of carbonyl (C=O) groups is 1. The van der Waals surface area contributed by atoms with Crippen molar-refractivity contribution < 1.29 is 9.90 Å². The summed E-state index contributed by atoms with van der Waals surface area (Å²) in [5, 5.41) is 12.3. The summed E-state index contributed by atoms with van der Waals surface area (Å²) in [4.78, 5) is 14.2. The number of urea groups is 1. The number of aliphatic hydroxyl groups excluding tert-OH is 1. The molecule has 0 spiro atoms. The maximum Gasteiger partial charge on any atom is 0.317 e. The highest BCUT2D eigenvalue weighted by Gasteiger charge is 2.32. The van der Waals surface area contributed by atoms with Crippen LogP contribution in [0.15, 0.2) is 0 Å². The Morgan fingerprint density at radius 1 is 1.43 bits per heavy atom. The molecule has 0 radical (unpaired) electrons. The van der Waals surface area contributed by atoms with E-state index in [9.17, 15) is 9.90 Å². The summed E-state index contributed by atoms with van der Waals surface area (Å²) in [6.45, 7) is 11.3. The van der Waals surface area contributed by atoms with E-state index in [1.54, 1.807) is 0 Å². The Bertz CT molecular complexity index is 327. The molecule has 2 amide bonds. The average Bonchev–Trinajstić information content (AvgIpc) is 2.43. The number of piperidine rings is 1. The standard InChI is InChI=1S/C17H34N2O2/c1-5-8-17(4)10-7-12-19(13-17)15(21)18-11-6-9-16(2,3)14-20/h20H,5-14H2,1-4H3,(H,18,21). The minimum Gasteiger partial charge on any atom is -0.396 e. The molecule has 1 fully saturated rings. The van der Waals surface area contributed by atoms with E-state index in [2.05, 4.69) is 33.0 Å². The Hall–Kier alpha value is -0.770. The van der Waals surface area contributed by atoms with Gasteiger partial charge in [-0.1, -0.05) is 34.1 Å². The maximum absolute atomic E-state index is 12.2. The normalized spacial score (nSPS) is 23.2. The first-order valence-corrected chi connectivity index (χ1v) is 8.45. The zero-order chi connectivity index (χ0) is 15.9. The van der Waals surface area contributed by atoms with Gasteiger partial charge in [-0.3, -0.25) is 0 Å². The lowest BCUT2D eigenvalue weighted by Gasteiger charge is -2.40. The lowest BCUT2D eigenvalue weighted by atomic mass is 9.78. The number of carbonyl (C=O) groups excluding carboxylic acids is 1. The van der Waals surface area contributed by atoms with E-state index in [1.165, 1.54) is 19.3 Å². The van der Waals surface area contributed by atoms with Gasteiger partial charge in [0.15, 0.2) is 0 Å². The van der Waals surface area contributed by atoms with Crippen LogP contribution in [0.5, 0.6) is 0 Å². The zero-order valence-corrected chi connectivity index (χ0v) is 14.4. The predicted molar refractivity (Wildman–Crippen MR) is 87.3 cm³/mol. The Morgan fingerprint density at radius 3 is 2.76 bits per heavy atom. The number of nitrogens with one attached hydrogen (secondary N) is 1. The highest BCUT2D eigenvalue weighted by molar-refractivity contribution is 5.74. The highest BCUT2D eigenvalue weighted by atomic mass is 16.3. The molecule has 1 unspecified atom stereocenters. The Kier molecular flexibility index (Phi) is 6.98. The van der Waals surface area contributed by atoms with E-state index >= 15 is 0 Å². The quantitative estimate of drug-likeness (QED) is 0.708. The first-order valence-electron chi connectivity index (χ1n) is 8.45. The van der Waals surface area contributed by atoms with E-state index in [-0.39, 0.29) is 18.1 Å². The second-order valence-corrected chi connectivity index (χ2v) is 7.74. The third-order valence-corrected chi connectivity index (χ3v) is 4.66. The Labute approximate surface area is 130 Å². The van der Waals surface area contributed by atoms with Crippen molar-refractivity contribution in [1.29, 1.82) is 0 Å². The summed E-state index contributed by atoms with van der Waals surface area (Å²) in [5.41, 5.74) is 0.249. The van der Waals surface area contributed by atoms with Crippen molar-refractivity contribution in [3.63, 3.8) is 0 Å². The SMILES string of the molecule is CCCC1(C)CCCN(C(=O)NCCCC(C)(C)CO)C1. The molecule has 0 aliphatic carbocycles. The molecule has 21 heavy (non-hydrogen) atoms. The molecule has 0 aromatic carbocycles. The smallest absolute Gasteiger partial charge is 0.317 e. The van der Waals surface area contributed by atoms with Gasteiger partial charge in [-0.05, 0) is 42.9 Å². The van der Waals surface area contributed by atoms with Gasteiger partial charge in [-0.25, -0.2) is 4.79 Å². The van der Waals surface area contributed by atoms with Crippen LogP contribution in [0, 0.1) is 10.8 Å². The van der Waals surface area contributed by atoms with Gasteiger partial charge in [0, 0.05) is 26.2 Å². The van der Waals surface area contributed by atoms with Crippen molar-refractivity contribution in [1.82, 2.24) is 10.2 Å². The zero-order valence-electron chi connectivity index (χ0n) is 14.4. The molecule has 4 heteroatoms. The molecule has 0 aromatic rings. The van der Waals surface area contributed by atoms with Gasteiger partial charge in [0.2, 0.25) is 0 Å². The second-order valence-electron chi connectivity index (χ2n) is 7.74. The van der Waals surface area contributed by atoms with Crippen molar-refractivity contribution in [2.75, 3.05) is 26.2 Å². The van der Waals surface area contributed by atoms with Crippen LogP contribution in [0.3, 0.4) is 0 Å². The molecule has 1 heterocycles. The molecule has 1 aliphatic heterocycles. The van der Waals surface area contributed by atoms with Crippen LogP contribution >= 0.6 is 0 Å². The van der Waals surface area contributed by atoms with Crippen LogP contribution in [-0.2, 0) is 0 Å². The Balaban J connectivity index is 2.32. The number of rotatable bonds is 7. The van der Waals surface area contributed by atoms with Crippen molar-refractivity contribution in [3.05, 3.63) is 0 Å². The van der Waals surface area contributed by atoms with Crippen LogP contribution < -0.4 is 5.32 Å². The molecule has 124 valence electrons. The summed E-state index contributed by atoms with van der Waals surface area (Å²) >= 11 is 0. The first kappa shape index (κ1) is 18.3. The summed E-state index contributed by atoms with van der Waals surface area (Å²) in [5.74, 6) is 0. The van der Waals surface area contributed by atoms with Crippen molar-refractivity contribution in [2.45, 2.75) is 66.2 Å². The molecular weight excluding hydrogens is 264 g/mol. The molecule has 0 saturated carbocycles. The number of hydrogen-bond donors (Lipinski definition) is 2.